The summed E-state index contributed by atoms with van der Waals surface area (Å²) in [6.07, 6.45) is 5.82. The first kappa shape index (κ1) is 29.8. The molecule has 13 nitrogen and oxygen atoms in total. The van der Waals surface area contributed by atoms with Crippen LogP contribution in [0.15, 0.2) is 17.1 Å². The second-order valence-corrected chi connectivity index (χ2v) is 11.9. The Hall–Kier alpha value is -3.19. The molecule has 40 heavy (non-hydrogen) atoms. The van der Waals surface area contributed by atoms with Crippen molar-refractivity contribution < 1.29 is 19.5 Å². The monoisotopic (exact) mass is 560 g/mol. The summed E-state index contributed by atoms with van der Waals surface area (Å²) in [7, 11) is 2.02. The molecule has 4 N–H and O–H groups in total. The van der Waals surface area contributed by atoms with Crippen LogP contribution in [0.1, 0.15) is 52.0 Å². The Bertz CT molecular complexity index is 1110. The summed E-state index contributed by atoms with van der Waals surface area (Å²) < 4.78 is 1.70. The Morgan fingerprint density at radius 1 is 1.00 bits per heavy atom. The molecule has 1 aromatic heterocycles. The van der Waals surface area contributed by atoms with E-state index in [-0.39, 0.29) is 55.7 Å². The van der Waals surface area contributed by atoms with Gasteiger partial charge in [0, 0.05) is 51.5 Å². The Balaban J connectivity index is 1.23. The fraction of sp³-hybridized carbons (Fsp3) is 0.741. The molecule has 2 saturated heterocycles. The van der Waals surface area contributed by atoms with Gasteiger partial charge in [0.1, 0.15) is 11.4 Å². The van der Waals surface area contributed by atoms with E-state index in [4.69, 9.17) is 5.11 Å². The van der Waals surface area contributed by atoms with Crippen molar-refractivity contribution >= 4 is 23.8 Å². The third-order valence-corrected chi connectivity index (χ3v) is 8.46. The molecule has 2 aliphatic heterocycles. The maximum absolute atomic E-state index is 12.8. The number of nitrogens with zero attached hydrogens (tertiary/aromatic N) is 5. The molecule has 3 fully saturated rings. The molecule has 0 bridgehead atoms. The van der Waals surface area contributed by atoms with E-state index in [0.29, 0.717) is 5.92 Å². The lowest BCUT2D eigenvalue weighted by atomic mass is 9.85. The predicted octanol–water partition coefficient (Wildman–Crippen LogP) is 1.24. The standard InChI is InChI=1S/C27H44N8O5/c1-27(2,31-26(39)40)23(36)33-12-14-34(15-13-33)24(37)29-22-9-11-35(25(38)30-22)21-6-4-19(5-7-21)17-32-10-8-20(18-32)16-28-3/h9,11,19-21,28,31H,4-8,10,12-18H2,1-3H3,(H,39,40)(H,29,30,37,38)/t19-,20-,21-/m1/s1. The number of nitrogens with one attached hydrogen (secondary N) is 3. The number of urea groups is 1. The van der Waals surface area contributed by atoms with Gasteiger partial charge in [-0.15, -0.1) is 0 Å². The molecule has 0 aromatic carbocycles. The number of carbonyl (C=O) groups is 3. The minimum atomic E-state index is -1.27. The van der Waals surface area contributed by atoms with Gasteiger partial charge in [-0.1, -0.05) is 0 Å². The Morgan fingerprint density at radius 3 is 2.30 bits per heavy atom. The van der Waals surface area contributed by atoms with Gasteiger partial charge in [-0.2, -0.15) is 4.98 Å². The zero-order valence-electron chi connectivity index (χ0n) is 23.9. The van der Waals surface area contributed by atoms with Crippen LogP contribution in [0.4, 0.5) is 15.4 Å². The van der Waals surface area contributed by atoms with Gasteiger partial charge in [-0.3, -0.25) is 14.7 Å². The summed E-state index contributed by atoms with van der Waals surface area (Å²) in [4.78, 5) is 59.1. The van der Waals surface area contributed by atoms with Gasteiger partial charge < -0.3 is 30.4 Å². The number of aromatic nitrogens is 2. The van der Waals surface area contributed by atoms with E-state index in [1.807, 2.05) is 7.05 Å². The molecule has 4 amide bonds. The topological polar surface area (TPSA) is 152 Å². The van der Waals surface area contributed by atoms with E-state index >= 15 is 0 Å². The zero-order valence-corrected chi connectivity index (χ0v) is 23.9. The summed E-state index contributed by atoms with van der Waals surface area (Å²) in [5.41, 5.74) is -1.62. The maximum Gasteiger partial charge on any atom is 0.405 e. The highest BCUT2D eigenvalue weighted by atomic mass is 16.4. The highest BCUT2D eigenvalue weighted by Crippen LogP contribution is 2.32. The number of rotatable bonds is 8. The largest absolute Gasteiger partial charge is 0.465 e. The minimum Gasteiger partial charge on any atom is -0.465 e. The van der Waals surface area contributed by atoms with E-state index in [2.05, 4.69) is 25.8 Å². The van der Waals surface area contributed by atoms with Gasteiger partial charge in [0.05, 0.1) is 0 Å². The first-order valence-corrected chi connectivity index (χ1v) is 14.4. The number of anilines is 1. The normalized spacial score (nSPS) is 24.1. The lowest BCUT2D eigenvalue weighted by Crippen LogP contribution is -2.60. The number of likely N-dealkylation sites (tertiary alicyclic amines) is 1. The van der Waals surface area contributed by atoms with E-state index in [0.717, 1.165) is 44.7 Å². The Morgan fingerprint density at radius 2 is 1.68 bits per heavy atom. The SMILES string of the molecule is CNC[C@H]1CCN(C[C@H]2CC[C@H](n3ccc(NC(=O)N4CCN(C(=O)C(C)(C)NC(=O)O)CC4)nc3=O)CC2)C1. The second-order valence-electron chi connectivity index (χ2n) is 11.9. The molecule has 0 spiro atoms. The maximum atomic E-state index is 12.8. The molecule has 1 atom stereocenters. The number of piperazine rings is 1. The smallest absolute Gasteiger partial charge is 0.405 e. The highest BCUT2D eigenvalue weighted by Gasteiger charge is 2.36. The van der Waals surface area contributed by atoms with Crippen molar-refractivity contribution in [2.75, 3.05) is 64.7 Å². The average Bonchev–Trinajstić information content (AvgIpc) is 3.35. The van der Waals surface area contributed by atoms with E-state index in [1.165, 1.54) is 33.4 Å². The molecule has 1 aromatic rings. The van der Waals surface area contributed by atoms with Crippen molar-refractivity contribution in [2.45, 2.75) is 57.5 Å². The number of carboxylic acid groups (broad SMARTS) is 1. The van der Waals surface area contributed by atoms with Gasteiger partial charge in [0.15, 0.2) is 0 Å². The first-order chi connectivity index (χ1) is 19.1. The summed E-state index contributed by atoms with van der Waals surface area (Å²) in [6, 6.07) is 1.40. The van der Waals surface area contributed by atoms with Crippen LogP contribution < -0.4 is 21.6 Å². The van der Waals surface area contributed by atoms with Crippen molar-refractivity contribution in [1.29, 1.82) is 0 Å². The minimum absolute atomic E-state index is 0.127. The molecule has 0 radical (unpaired) electrons. The summed E-state index contributed by atoms with van der Waals surface area (Å²) in [5, 5.41) is 17.2. The van der Waals surface area contributed by atoms with Gasteiger partial charge >= 0.3 is 17.8 Å². The van der Waals surface area contributed by atoms with Crippen molar-refractivity contribution in [3.8, 4) is 0 Å². The van der Waals surface area contributed by atoms with Gasteiger partial charge in [0.2, 0.25) is 5.91 Å². The first-order valence-electron chi connectivity index (χ1n) is 14.4. The summed E-state index contributed by atoms with van der Waals surface area (Å²) >= 11 is 0. The summed E-state index contributed by atoms with van der Waals surface area (Å²) in [5.74, 6) is 1.28. The number of hydrogen-bond donors (Lipinski definition) is 4. The Labute approximate surface area is 235 Å². The van der Waals surface area contributed by atoms with E-state index in [1.54, 1.807) is 26.6 Å². The van der Waals surface area contributed by atoms with Crippen molar-refractivity contribution in [3.63, 3.8) is 0 Å². The molecular weight excluding hydrogens is 516 g/mol. The van der Waals surface area contributed by atoms with Crippen LogP contribution >= 0.6 is 0 Å². The molecule has 3 aliphatic rings. The fourth-order valence-electron chi connectivity index (χ4n) is 6.28. The zero-order chi connectivity index (χ0) is 28.9. The predicted molar refractivity (Wildman–Crippen MR) is 150 cm³/mol. The average molecular weight is 561 g/mol. The molecule has 3 heterocycles. The van der Waals surface area contributed by atoms with Crippen LogP contribution in [0.3, 0.4) is 0 Å². The number of carbonyl (C=O) groups excluding carboxylic acids is 2. The molecule has 13 heteroatoms. The van der Waals surface area contributed by atoms with Crippen LogP contribution in [0.2, 0.25) is 0 Å². The van der Waals surface area contributed by atoms with Gasteiger partial charge in [-0.05, 0) is 84.0 Å². The summed E-state index contributed by atoms with van der Waals surface area (Å²) in [6.45, 7) is 8.74. The van der Waals surface area contributed by atoms with E-state index < -0.39 is 11.6 Å². The highest BCUT2D eigenvalue weighted by molar-refractivity contribution is 5.90. The molecule has 222 valence electrons. The van der Waals surface area contributed by atoms with Crippen molar-refractivity contribution in [1.82, 2.24) is 34.9 Å². The molecule has 1 saturated carbocycles. The van der Waals surface area contributed by atoms with Crippen molar-refractivity contribution in [2.24, 2.45) is 11.8 Å². The Kier molecular flexibility index (Phi) is 9.67. The second kappa shape index (κ2) is 13.0. The number of hydrogen-bond acceptors (Lipinski definition) is 7. The molecule has 0 unspecified atom stereocenters. The van der Waals surface area contributed by atoms with Crippen molar-refractivity contribution in [3.05, 3.63) is 22.7 Å². The van der Waals surface area contributed by atoms with Crippen LogP contribution in [-0.2, 0) is 4.79 Å². The van der Waals surface area contributed by atoms with Crippen LogP contribution in [0, 0.1) is 11.8 Å². The lowest BCUT2D eigenvalue weighted by Gasteiger charge is -2.38. The van der Waals surface area contributed by atoms with Crippen LogP contribution in [0.5, 0.6) is 0 Å². The molecular formula is C27H44N8O5. The third-order valence-electron chi connectivity index (χ3n) is 8.46. The molecule has 1 aliphatic carbocycles. The lowest BCUT2D eigenvalue weighted by molar-refractivity contribution is -0.138. The molecule has 4 rings (SSSR count). The third kappa shape index (κ3) is 7.51. The fourth-order valence-corrected chi connectivity index (χ4v) is 6.28. The number of amides is 4. The van der Waals surface area contributed by atoms with Crippen LogP contribution in [0.25, 0.3) is 0 Å². The quantitative estimate of drug-likeness (QED) is 0.371. The van der Waals surface area contributed by atoms with Gasteiger partial charge in [0.25, 0.3) is 0 Å². The van der Waals surface area contributed by atoms with Crippen LogP contribution in [-0.4, -0.2) is 112 Å². The van der Waals surface area contributed by atoms with Gasteiger partial charge in [-0.25, -0.2) is 14.4 Å². The van der Waals surface area contributed by atoms with E-state index in [9.17, 15) is 19.2 Å².